The maximum atomic E-state index is 12.7. The van der Waals surface area contributed by atoms with Crippen LogP contribution in [0.4, 0.5) is 0 Å². The monoisotopic (exact) mass is 397 g/mol. The van der Waals surface area contributed by atoms with E-state index in [-0.39, 0.29) is 22.8 Å². The summed E-state index contributed by atoms with van der Waals surface area (Å²) in [6.45, 7) is 5.53. The van der Waals surface area contributed by atoms with E-state index in [1.54, 1.807) is 25.8 Å². The van der Waals surface area contributed by atoms with Gasteiger partial charge >= 0.3 is 0 Å². The fourth-order valence-corrected chi connectivity index (χ4v) is 2.87. The Kier molecular flexibility index (Phi) is 9.79. The third-order valence-electron chi connectivity index (χ3n) is 4.64. The van der Waals surface area contributed by atoms with E-state index in [1.807, 2.05) is 24.3 Å². The maximum absolute atomic E-state index is 12.7. The van der Waals surface area contributed by atoms with Gasteiger partial charge in [-0.2, -0.15) is 0 Å². The largest absolute Gasteiger partial charge is 0.412 e. The molecular formula is C19H31N3O6. The quantitative estimate of drug-likeness (QED) is 0.565. The lowest BCUT2D eigenvalue weighted by Gasteiger charge is -2.24. The first-order valence-electron chi connectivity index (χ1n) is 8.84. The number of amides is 3. The number of fused-ring (bicyclic) bond motifs is 1. The van der Waals surface area contributed by atoms with E-state index in [0.717, 1.165) is 17.5 Å². The van der Waals surface area contributed by atoms with Crippen molar-refractivity contribution >= 4 is 17.7 Å². The van der Waals surface area contributed by atoms with Crippen molar-refractivity contribution in [2.75, 3.05) is 13.6 Å². The van der Waals surface area contributed by atoms with Crippen LogP contribution < -0.4 is 10.6 Å². The topological polar surface area (TPSA) is 162 Å². The first-order chi connectivity index (χ1) is 12.2. The molecule has 3 atom stereocenters. The zero-order chi connectivity index (χ0) is 19.4. The zero-order valence-electron chi connectivity index (χ0n) is 16.7. The van der Waals surface area contributed by atoms with Gasteiger partial charge in [-0.05, 0) is 30.4 Å². The molecule has 0 saturated carbocycles. The van der Waals surface area contributed by atoms with Crippen molar-refractivity contribution in [3.8, 4) is 0 Å². The second-order valence-electron chi connectivity index (χ2n) is 7.07. The van der Waals surface area contributed by atoms with Crippen LogP contribution in [-0.4, -0.2) is 64.4 Å². The number of benzene rings is 1. The summed E-state index contributed by atoms with van der Waals surface area (Å²) in [5.41, 5.74) is 1.79. The number of likely N-dealkylation sites (N-methyl/N-ethyl adjacent to an activating group) is 1. The summed E-state index contributed by atoms with van der Waals surface area (Å²) in [7, 11) is 1.71. The Morgan fingerprint density at radius 3 is 2.36 bits per heavy atom. The predicted octanol–water partition coefficient (Wildman–Crippen LogP) is -1.27. The summed E-state index contributed by atoms with van der Waals surface area (Å²) in [6.07, 6.45) is -0.464. The third-order valence-corrected chi connectivity index (χ3v) is 4.64. The number of nitrogens with one attached hydrogen (secondary N) is 2. The van der Waals surface area contributed by atoms with E-state index >= 15 is 0 Å². The Labute approximate surface area is 164 Å². The molecule has 0 saturated heterocycles. The number of nitrogens with zero attached hydrogens (tertiary/aromatic N) is 1. The molecule has 9 heteroatoms. The van der Waals surface area contributed by atoms with Crippen molar-refractivity contribution in [2.24, 2.45) is 5.92 Å². The first kappa shape index (κ1) is 25.5. The summed E-state index contributed by atoms with van der Waals surface area (Å²) < 4.78 is 0. The number of carbonyl (C=O) groups is 3. The van der Waals surface area contributed by atoms with Crippen LogP contribution in [0.5, 0.6) is 0 Å². The van der Waals surface area contributed by atoms with Crippen LogP contribution in [0.25, 0.3) is 0 Å². The standard InChI is InChI=1S/C19H27N3O4.2H2O/c1-11(2)16(23)18(25)20-12(3)17(24)21-15-14-8-6-5-7-13(14)9-10-22(4)19(15)26;;/h5-8,11-12,15-16,23H,9-10H2,1-4H3,(H,20,25)(H,21,24);2*1H2/t12-,15-,16-;;/m0../s1. The molecule has 1 heterocycles. The highest BCUT2D eigenvalue weighted by Crippen LogP contribution is 2.24. The van der Waals surface area contributed by atoms with Crippen LogP contribution in [0.3, 0.4) is 0 Å². The summed E-state index contributed by atoms with van der Waals surface area (Å²) in [6, 6.07) is 5.86. The van der Waals surface area contributed by atoms with Gasteiger partial charge in [0.15, 0.2) is 0 Å². The minimum Gasteiger partial charge on any atom is -0.412 e. The molecule has 2 rings (SSSR count). The number of carbonyl (C=O) groups excluding carboxylic acids is 3. The van der Waals surface area contributed by atoms with E-state index in [0.29, 0.717) is 6.54 Å². The van der Waals surface area contributed by atoms with Gasteiger partial charge in [0.25, 0.3) is 0 Å². The number of rotatable bonds is 5. The summed E-state index contributed by atoms with van der Waals surface area (Å²) in [4.78, 5) is 38.7. The molecule has 9 nitrogen and oxygen atoms in total. The van der Waals surface area contributed by atoms with Gasteiger partial charge in [0.2, 0.25) is 17.7 Å². The smallest absolute Gasteiger partial charge is 0.249 e. The molecule has 158 valence electrons. The van der Waals surface area contributed by atoms with Crippen molar-refractivity contribution in [1.82, 2.24) is 15.5 Å². The lowest BCUT2D eigenvalue weighted by Crippen LogP contribution is -2.51. The van der Waals surface area contributed by atoms with E-state index in [2.05, 4.69) is 10.6 Å². The first-order valence-corrected chi connectivity index (χ1v) is 8.84. The molecule has 1 aromatic carbocycles. The lowest BCUT2D eigenvalue weighted by atomic mass is 9.99. The Hall–Kier alpha value is -2.49. The molecule has 1 aromatic rings. The molecule has 0 unspecified atom stereocenters. The fourth-order valence-electron chi connectivity index (χ4n) is 2.87. The van der Waals surface area contributed by atoms with Gasteiger partial charge in [0, 0.05) is 13.6 Å². The normalized spacial score (nSPS) is 18.0. The lowest BCUT2D eigenvalue weighted by molar-refractivity contribution is -0.137. The number of aliphatic hydroxyl groups is 1. The highest BCUT2D eigenvalue weighted by Gasteiger charge is 2.32. The predicted molar refractivity (Wildman–Crippen MR) is 104 cm³/mol. The molecule has 1 aliphatic rings. The second kappa shape index (κ2) is 10.7. The number of hydrogen-bond acceptors (Lipinski definition) is 4. The molecule has 1 aliphatic heterocycles. The van der Waals surface area contributed by atoms with E-state index in [4.69, 9.17) is 0 Å². The maximum Gasteiger partial charge on any atom is 0.249 e. The van der Waals surface area contributed by atoms with Gasteiger partial charge in [0.05, 0.1) is 0 Å². The van der Waals surface area contributed by atoms with Gasteiger partial charge in [-0.1, -0.05) is 38.1 Å². The van der Waals surface area contributed by atoms with Gasteiger partial charge in [-0.25, -0.2) is 0 Å². The Morgan fingerprint density at radius 2 is 1.75 bits per heavy atom. The highest BCUT2D eigenvalue weighted by atomic mass is 16.3. The Bertz CT molecular complexity index is 694. The molecule has 3 amide bonds. The average molecular weight is 397 g/mol. The van der Waals surface area contributed by atoms with E-state index < -0.39 is 30.0 Å². The number of hydrogen-bond donors (Lipinski definition) is 3. The molecule has 0 fully saturated rings. The van der Waals surface area contributed by atoms with Crippen LogP contribution in [0, 0.1) is 5.92 Å². The van der Waals surface area contributed by atoms with Gasteiger partial charge in [-0.3, -0.25) is 14.4 Å². The van der Waals surface area contributed by atoms with Crippen molar-refractivity contribution in [1.29, 1.82) is 0 Å². The van der Waals surface area contributed by atoms with Gasteiger partial charge in [-0.15, -0.1) is 0 Å². The fraction of sp³-hybridized carbons (Fsp3) is 0.526. The highest BCUT2D eigenvalue weighted by molar-refractivity contribution is 5.93. The minimum atomic E-state index is -1.18. The van der Waals surface area contributed by atoms with Gasteiger partial charge < -0.3 is 31.6 Å². The molecule has 0 radical (unpaired) electrons. The van der Waals surface area contributed by atoms with Crippen LogP contribution >= 0.6 is 0 Å². The molecule has 0 aromatic heterocycles. The second-order valence-corrected chi connectivity index (χ2v) is 7.07. The Balaban J connectivity index is 0.00000364. The summed E-state index contributed by atoms with van der Waals surface area (Å²) >= 11 is 0. The molecule has 0 bridgehead atoms. The average Bonchev–Trinajstić information content (AvgIpc) is 2.73. The van der Waals surface area contributed by atoms with Crippen LogP contribution in [-0.2, 0) is 20.8 Å². The molecular weight excluding hydrogens is 366 g/mol. The molecule has 28 heavy (non-hydrogen) atoms. The Morgan fingerprint density at radius 1 is 1.14 bits per heavy atom. The summed E-state index contributed by atoms with van der Waals surface area (Å²) in [5.74, 6) is -1.52. The van der Waals surface area contributed by atoms with Crippen LogP contribution in [0.1, 0.15) is 37.9 Å². The van der Waals surface area contributed by atoms with E-state index in [9.17, 15) is 19.5 Å². The zero-order valence-corrected chi connectivity index (χ0v) is 16.7. The van der Waals surface area contributed by atoms with Crippen molar-refractivity contribution < 1.29 is 30.4 Å². The minimum absolute atomic E-state index is 0. The SMILES string of the molecule is CC(C)[C@H](O)C(=O)N[C@@H](C)C(=O)N[C@@H]1C(=O)N(C)CCc2ccccc21.O.O. The van der Waals surface area contributed by atoms with Crippen molar-refractivity contribution in [3.63, 3.8) is 0 Å². The number of aliphatic hydroxyl groups excluding tert-OH is 1. The van der Waals surface area contributed by atoms with E-state index in [1.165, 1.54) is 6.92 Å². The van der Waals surface area contributed by atoms with Crippen LogP contribution in [0.15, 0.2) is 24.3 Å². The molecule has 7 N–H and O–H groups in total. The molecule has 0 aliphatic carbocycles. The van der Waals surface area contributed by atoms with Crippen molar-refractivity contribution in [2.45, 2.75) is 45.4 Å². The van der Waals surface area contributed by atoms with Gasteiger partial charge in [0.1, 0.15) is 18.2 Å². The van der Waals surface area contributed by atoms with Crippen LogP contribution in [0.2, 0.25) is 0 Å². The molecule has 0 spiro atoms. The van der Waals surface area contributed by atoms with Crippen molar-refractivity contribution in [3.05, 3.63) is 35.4 Å². The summed E-state index contributed by atoms with van der Waals surface area (Å²) in [5, 5.41) is 15.0. The third kappa shape index (κ3) is 5.75.